The summed E-state index contributed by atoms with van der Waals surface area (Å²) in [6.07, 6.45) is 5.32. The van der Waals surface area contributed by atoms with Crippen molar-refractivity contribution in [2.45, 2.75) is 37.5 Å². The Bertz CT molecular complexity index is 304. The predicted molar refractivity (Wildman–Crippen MR) is 79.2 cm³/mol. The van der Waals surface area contributed by atoms with Crippen LogP contribution in [-0.4, -0.2) is 18.8 Å². The van der Waals surface area contributed by atoms with Crippen LogP contribution in [0.3, 0.4) is 0 Å². The van der Waals surface area contributed by atoms with Gasteiger partial charge in [-0.3, -0.25) is 0 Å². The maximum atomic E-state index is 5.93. The van der Waals surface area contributed by atoms with Crippen LogP contribution in [0, 0.1) is 0 Å². The summed E-state index contributed by atoms with van der Waals surface area (Å²) in [5.41, 5.74) is 0. The van der Waals surface area contributed by atoms with Crippen molar-refractivity contribution in [2.75, 3.05) is 18.8 Å². The van der Waals surface area contributed by atoms with Crippen LogP contribution in [0.1, 0.15) is 32.6 Å². The second-order valence-corrected chi connectivity index (χ2v) is 5.72. The quantitative estimate of drug-likeness (QED) is 0.520. The largest absolute Gasteiger partial charge is 0.316 e. The molecular formula is C14H22ClNS. The van der Waals surface area contributed by atoms with Gasteiger partial charge in [-0.1, -0.05) is 43.9 Å². The second kappa shape index (κ2) is 9.81. The molecule has 1 aromatic carbocycles. The van der Waals surface area contributed by atoms with Crippen LogP contribution < -0.4 is 5.32 Å². The van der Waals surface area contributed by atoms with Gasteiger partial charge in [0.25, 0.3) is 0 Å². The molecule has 0 radical (unpaired) electrons. The van der Waals surface area contributed by atoms with Gasteiger partial charge < -0.3 is 5.32 Å². The highest BCUT2D eigenvalue weighted by Gasteiger charge is 1.95. The van der Waals surface area contributed by atoms with Crippen molar-refractivity contribution in [1.82, 2.24) is 5.32 Å². The highest BCUT2D eigenvalue weighted by Crippen LogP contribution is 2.20. The maximum absolute atomic E-state index is 5.93. The van der Waals surface area contributed by atoms with E-state index in [1.54, 1.807) is 0 Å². The minimum Gasteiger partial charge on any atom is -0.316 e. The van der Waals surface area contributed by atoms with Crippen molar-refractivity contribution in [2.24, 2.45) is 0 Å². The molecule has 1 aromatic rings. The summed E-state index contributed by atoms with van der Waals surface area (Å²) in [6.45, 7) is 4.47. The summed E-state index contributed by atoms with van der Waals surface area (Å²) in [5.74, 6) is 1.11. The molecule has 0 aliphatic rings. The first-order valence-electron chi connectivity index (χ1n) is 6.42. The fraction of sp³-hybridized carbons (Fsp3) is 0.571. The van der Waals surface area contributed by atoms with Gasteiger partial charge in [-0.25, -0.2) is 0 Å². The highest BCUT2D eigenvalue weighted by molar-refractivity contribution is 7.99. The zero-order valence-electron chi connectivity index (χ0n) is 10.5. The number of hydrogen-bond donors (Lipinski definition) is 1. The average molecular weight is 272 g/mol. The van der Waals surface area contributed by atoms with Crippen LogP contribution in [0.5, 0.6) is 0 Å². The molecule has 0 aliphatic heterocycles. The van der Waals surface area contributed by atoms with Crippen LogP contribution in [0.2, 0.25) is 5.02 Å². The Balaban J connectivity index is 1.97. The van der Waals surface area contributed by atoms with E-state index in [2.05, 4.69) is 18.3 Å². The monoisotopic (exact) mass is 271 g/mol. The van der Waals surface area contributed by atoms with Crippen LogP contribution >= 0.6 is 23.4 Å². The molecule has 0 aromatic heterocycles. The number of nitrogens with one attached hydrogen (secondary N) is 1. The minimum absolute atomic E-state index is 0.822. The summed E-state index contributed by atoms with van der Waals surface area (Å²) in [7, 11) is 0. The van der Waals surface area contributed by atoms with Gasteiger partial charge in [0.05, 0.1) is 0 Å². The molecule has 0 spiro atoms. The topological polar surface area (TPSA) is 12.0 Å². The fourth-order valence-corrected chi connectivity index (χ4v) is 2.72. The van der Waals surface area contributed by atoms with Crippen molar-refractivity contribution in [3.8, 4) is 0 Å². The van der Waals surface area contributed by atoms with E-state index < -0.39 is 0 Å². The third-order valence-corrected chi connectivity index (χ3v) is 3.78. The van der Waals surface area contributed by atoms with Gasteiger partial charge in [-0.15, -0.1) is 11.8 Å². The first-order valence-corrected chi connectivity index (χ1v) is 7.78. The SMILES string of the molecule is CCCCCCNCCSc1cccc(Cl)c1. The van der Waals surface area contributed by atoms with Gasteiger partial charge in [-0.2, -0.15) is 0 Å². The predicted octanol–water partition coefficient (Wildman–Crippen LogP) is 4.60. The Hall–Kier alpha value is -0.180. The lowest BCUT2D eigenvalue weighted by Crippen LogP contribution is -2.18. The van der Waals surface area contributed by atoms with Crippen molar-refractivity contribution in [1.29, 1.82) is 0 Å². The van der Waals surface area contributed by atoms with Gasteiger partial charge in [0.15, 0.2) is 0 Å². The molecule has 0 fully saturated rings. The highest BCUT2D eigenvalue weighted by atomic mass is 35.5. The third kappa shape index (κ3) is 7.69. The molecule has 0 aliphatic carbocycles. The van der Waals surface area contributed by atoms with Crippen molar-refractivity contribution in [3.63, 3.8) is 0 Å². The van der Waals surface area contributed by atoms with Crippen LogP contribution in [0.15, 0.2) is 29.2 Å². The molecule has 3 heteroatoms. The van der Waals surface area contributed by atoms with Crippen LogP contribution in [-0.2, 0) is 0 Å². The van der Waals surface area contributed by atoms with E-state index in [0.717, 1.165) is 23.9 Å². The van der Waals surface area contributed by atoms with Crippen molar-refractivity contribution in [3.05, 3.63) is 29.3 Å². The molecule has 0 heterocycles. The van der Waals surface area contributed by atoms with E-state index in [1.807, 2.05) is 30.0 Å². The molecule has 1 nitrogen and oxygen atoms in total. The number of halogens is 1. The molecule has 0 unspecified atom stereocenters. The molecule has 1 N–H and O–H groups in total. The molecule has 0 saturated heterocycles. The van der Waals surface area contributed by atoms with E-state index in [-0.39, 0.29) is 0 Å². The van der Waals surface area contributed by atoms with E-state index in [9.17, 15) is 0 Å². The van der Waals surface area contributed by atoms with E-state index >= 15 is 0 Å². The summed E-state index contributed by atoms with van der Waals surface area (Å²) >= 11 is 7.78. The number of thioether (sulfide) groups is 1. The van der Waals surface area contributed by atoms with Gasteiger partial charge >= 0.3 is 0 Å². The number of benzene rings is 1. The zero-order chi connectivity index (χ0) is 12.3. The van der Waals surface area contributed by atoms with Crippen molar-refractivity contribution >= 4 is 23.4 Å². The lowest BCUT2D eigenvalue weighted by Gasteiger charge is -2.04. The molecule has 0 atom stereocenters. The molecule has 17 heavy (non-hydrogen) atoms. The first-order chi connectivity index (χ1) is 8.33. The smallest absolute Gasteiger partial charge is 0.0417 e. The molecule has 0 bridgehead atoms. The molecule has 0 saturated carbocycles. The van der Waals surface area contributed by atoms with E-state index in [4.69, 9.17) is 11.6 Å². The average Bonchev–Trinajstić information content (AvgIpc) is 2.33. The van der Waals surface area contributed by atoms with E-state index in [1.165, 1.54) is 30.6 Å². The molecule has 0 amide bonds. The number of hydrogen-bond acceptors (Lipinski definition) is 2. The molecule has 1 rings (SSSR count). The van der Waals surface area contributed by atoms with E-state index in [0.29, 0.717) is 0 Å². The summed E-state index contributed by atoms with van der Waals surface area (Å²) in [5, 5.41) is 4.30. The minimum atomic E-state index is 0.822. The van der Waals surface area contributed by atoms with Gasteiger partial charge in [0, 0.05) is 22.2 Å². The Morgan fingerprint density at radius 1 is 1.18 bits per heavy atom. The molecular weight excluding hydrogens is 250 g/mol. The first kappa shape index (κ1) is 14.9. The Morgan fingerprint density at radius 3 is 2.82 bits per heavy atom. The number of rotatable bonds is 9. The zero-order valence-corrected chi connectivity index (χ0v) is 12.1. The number of unbranched alkanes of at least 4 members (excludes halogenated alkanes) is 3. The normalized spacial score (nSPS) is 10.7. The summed E-state index contributed by atoms with van der Waals surface area (Å²) in [4.78, 5) is 1.25. The summed E-state index contributed by atoms with van der Waals surface area (Å²) < 4.78 is 0. The lowest BCUT2D eigenvalue weighted by atomic mass is 10.2. The maximum Gasteiger partial charge on any atom is 0.0417 e. The second-order valence-electron chi connectivity index (χ2n) is 4.12. The fourth-order valence-electron chi connectivity index (χ4n) is 1.60. The van der Waals surface area contributed by atoms with Crippen LogP contribution in [0.4, 0.5) is 0 Å². The van der Waals surface area contributed by atoms with Crippen LogP contribution in [0.25, 0.3) is 0 Å². The standard InChI is InChI=1S/C14H22ClNS/c1-2-3-4-5-9-16-10-11-17-14-8-6-7-13(15)12-14/h6-8,12,16H,2-5,9-11H2,1H3. The Labute approximate surface area is 114 Å². The molecule has 96 valence electrons. The third-order valence-electron chi connectivity index (χ3n) is 2.55. The van der Waals surface area contributed by atoms with Crippen molar-refractivity contribution < 1.29 is 0 Å². The van der Waals surface area contributed by atoms with Gasteiger partial charge in [0.1, 0.15) is 0 Å². The summed E-state index contributed by atoms with van der Waals surface area (Å²) in [6, 6.07) is 8.05. The lowest BCUT2D eigenvalue weighted by molar-refractivity contribution is 0.613. The van der Waals surface area contributed by atoms with Gasteiger partial charge in [0.2, 0.25) is 0 Å². The van der Waals surface area contributed by atoms with Gasteiger partial charge in [-0.05, 0) is 31.2 Å². The Morgan fingerprint density at radius 2 is 2.06 bits per heavy atom. The Kier molecular flexibility index (Phi) is 8.59.